The van der Waals surface area contributed by atoms with Crippen LogP contribution in [0.3, 0.4) is 0 Å². The minimum Gasteiger partial charge on any atom is -0.367 e. The highest BCUT2D eigenvalue weighted by Gasteiger charge is 2.71. The molecule has 1 saturated carbocycles. The van der Waals surface area contributed by atoms with E-state index in [-0.39, 0.29) is 0 Å². The summed E-state index contributed by atoms with van der Waals surface area (Å²) in [6, 6.07) is 26.5. The van der Waals surface area contributed by atoms with Crippen LogP contribution in [-0.4, -0.2) is 29.2 Å². The van der Waals surface area contributed by atoms with Crippen molar-refractivity contribution in [3.63, 3.8) is 0 Å². The first-order chi connectivity index (χ1) is 14.7. The van der Waals surface area contributed by atoms with Crippen molar-refractivity contribution in [3.8, 4) is 0 Å². The molecule has 3 fully saturated rings. The lowest BCUT2D eigenvalue weighted by Gasteiger charge is -2.44. The molecule has 30 heavy (non-hydrogen) atoms. The Morgan fingerprint density at radius 2 is 1.70 bits per heavy atom. The van der Waals surface area contributed by atoms with Gasteiger partial charge in [0.1, 0.15) is 24.7 Å². The summed E-state index contributed by atoms with van der Waals surface area (Å²) in [6.45, 7) is 6.99. The molecule has 0 amide bonds. The molecule has 2 saturated heterocycles. The van der Waals surface area contributed by atoms with Crippen LogP contribution in [0.1, 0.15) is 37.3 Å². The standard InChI is InChI=1S/C28H32NO/c1-28-24-14-15-26(28)27(30-20-21-8-3-2-4-9-21)19-29(28,17-16-24)18-23-12-7-11-22-10-5-6-13-25(22)23/h2-13,24,26-27H,14-20H2,1H3/q+1/t24-,26+,27-,28+,29+/m0/s1. The lowest BCUT2D eigenvalue weighted by atomic mass is 9.83. The van der Waals surface area contributed by atoms with E-state index in [4.69, 9.17) is 4.74 Å². The minimum atomic E-state index is 0.373. The zero-order chi connectivity index (χ0) is 20.2. The van der Waals surface area contributed by atoms with Crippen LogP contribution in [0.5, 0.6) is 0 Å². The summed E-state index contributed by atoms with van der Waals surface area (Å²) in [6.07, 6.45) is 4.51. The summed E-state index contributed by atoms with van der Waals surface area (Å²) < 4.78 is 7.89. The Labute approximate surface area is 180 Å². The van der Waals surface area contributed by atoms with Gasteiger partial charge in [0.2, 0.25) is 0 Å². The van der Waals surface area contributed by atoms with Gasteiger partial charge in [0.25, 0.3) is 0 Å². The number of nitrogens with zero attached hydrogens (tertiary/aromatic N) is 1. The van der Waals surface area contributed by atoms with Gasteiger partial charge in [-0.15, -0.1) is 0 Å². The van der Waals surface area contributed by atoms with Crippen LogP contribution in [0, 0.1) is 11.8 Å². The predicted octanol–water partition coefficient (Wildman–Crippen LogP) is 5.94. The van der Waals surface area contributed by atoms with E-state index in [0.717, 1.165) is 19.1 Å². The fourth-order valence-corrected chi connectivity index (χ4v) is 7.43. The van der Waals surface area contributed by atoms with Crippen LogP contribution in [0.4, 0.5) is 0 Å². The van der Waals surface area contributed by atoms with Gasteiger partial charge in [0, 0.05) is 23.8 Å². The fraction of sp³-hybridized carbons (Fsp3) is 0.429. The molecule has 0 unspecified atom stereocenters. The monoisotopic (exact) mass is 398 g/mol. The average molecular weight is 399 g/mol. The Morgan fingerprint density at radius 1 is 0.900 bits per heavy atom. The average Bonchev–Trinajstić information content (AvgIpc) is 3.35. The van der Waals surface area contributed by atoms with E-state index in [9.17, 15) is 0 Å². The summed E-state index contributed by atoms with van der Waals surface area (Å²) in [4.78, 5) is 0. The van der Waals surface area contributed by atoms with Crippen LogP contribution in [0.2, 0.25) is 0 Å². The van der Waals surface area contributed by atoms with E-state index in [1.807, 2.05) is 0 Å². The molecule has 0 spiro atoms. The zero-order valence-corrected chi connectivity index (χ0v) is 18.0. The third kappa shape index (κ3) is 2.63. The molecule has 2 nitrogen and oxygen atoms in total. The summed E-state index contributed by atoms with van der Waals surface area (Å²) in [5.41, 5.74) is 3.19. The van der Waals surface area contributed by atoms with Gasteiger partial charge < -0.3 is 9.22 Å². The van der Waals surface area contributed by atoms with Gasteiger partial charge in [-0.1, -0.05) is 72.8 Å². The Balaban J connectivity index is 1.33. The first-order valence-electron chi connectivity index (χ1n) is 11.7. The van der Waals surface area contributed by atoms with E-state index in [1.54, 1.807) is 0 Å². The van der Waals surface area contributed by atoms with Crippen LogP contribution in [0.15, 0.2) is 72.8 Å². The SMILES string of the molecule is C[C@@]12[C@H]3CC[C@@H]1[C@@H](OCc1ccccc1)C[N@+]2(Cc1cccc2ccccc12)CC3. The van der Waals surface area contributed by atoms with Gasteiger partial charge in [-0.25, -0.2) is 0 Å². The molecule has 2 heterocycles. The topological polar surface area (TPSA) is 9.23 Å². The van der Waals surface area contributed by atoms with Gasteiger partial charge in [-0.05, 0) is 36.1 Å². The highest BCUT2D eigenvalue weighted by atomic mass is 16.5. The molecule has 3 aromatic carbocycles. The van der Waals surface area contributed by atoms with Crippen molar-refractivity contribution < 1.29 is 9.22 Å². The lowest BCUT2D eigenvalue weighted by Crippen LogP contribution is -2.57. The Hall–Kier alpha value is -2.16. The number of quaternary nitrogens is 1. The lowest BCUT2D eigenvalue weighted by molar-refractivity contribution is -0.966. The molecule has 1 aliphatic carbocycles. The zero-order valence-electron chi connectivity index (χ0n) is 18.0. The number of fused-ring (bicyclic) bond motifs is 1. The molecule has 2 heteroatoms. The van der Waals surface area contributed by atoms with Crippen molar-refractivity contribution in [1.29, 1.82) is 0 Å². The van der Waals surface area contributed by atoms with Crippen LogP contribution < -0.4 is 0 Å². The van der Waals surface area contributed by atoms with Gasteiger partial charge in [-0.2, -0.15) is 0 Å². The Kier molecular flexibility index (Phi) is 4.30. The molecule has 3 aliphatic rings. The fourth-order valence-electron chi connectivity index (χ4n) is 7.43. The van der Waals surface area contributed by atoms with E-state index >= 15 is 0 Å². The quantitative estimate of drug-likeness (QED) is 0.483. The van der Waals surface area contributed by atoms with E-state index in [2.05, 4.69) is 79.7 Å². The molecule has 0 aromatic heterocycles. The van der Waals surface area contributed by atoms with E-state index < -0.39 is 0 Å². The highest BCUT2D eigenvalue weighted by Crippen LogP contribution is 2.61. The van der Waals surface area contributed by atoms with Crippen molar-refractivity contribution in [3.05, 3.63) is 83.9 Å². The number of hydrogen-bond donors (Lipinski definition) is 0. The molecule has 3 aromatic rings. The van der Waals surface area contributed by atoms with Gasteiger partial charge in [-0.3, -0.25) is 0 Å². The van der Waals surface area contributed by atoms with Crippen LogP contribution in [-0.2, 0) is 17.9 Å². The minimum absolute atomic E-state index is 0.373. The molecular weight excluding hydrogens is 366 g/mol. The molecule has 0 bridgehead atoms. The predicted molar refractivity (Wildman–Crippen MR) is 122 cm³/mol. The Morgan fingerprint density at radius 3 is 2.60 bits per heavy atom. The second kappa shape index (κ2) is 6.93. The molecule has 0 radical (unpaired) electrons. The molecule has 154 valence electrons. The first kappa shape index (κ1) is 18.6. The maximum Gasteiger partial charge on any atom is 0.116 e. The van der Waals surface area contributed by atoms with Gasteiger partial charge in [0.15, 0.2) is 0 Å². The molecule has 5 atom stereocenters. The van der Waals surface area contributed by atoms with Crippen molar-refractivity contribution >= 4 is 10.8 Å². The number of hydrogen-bond acceptors (Lipinski definition) is 1. The van der Waals surface area contributed by atoms with E-state index in [0.29, 0.717) is 17.6 Å². The van der Waals surface area contributed by atoms with Crippen molar-refractivity contribution in [2.45, 2.75) is 51.0 Å². The van der Waals surface area contributed by atoms with Crippen LogP contribution >= 0.6 is 0 Å². The van der Waals surface area contributed by atoms with Crippen molar-refractivity contribution in [2.24, 2.45) is 11.8 Å². The number of ether oxygens (including phenoxy) is 1. The van der Waals surface area contributed by atoms with Crippen LogP contribution in [0.25, 0.3) is 10.8 Å². The van der Waals surface area contributed by atoms with Gasteiger partial charge >= 0.3 is 0 Å². The van der Waals surface area contributed by atoms with Crippen molar-refractivity contribution in [2.75, 3.05) is 13.1 Å². The summed E-state index contributed by atoms with van der Waals surface area (Å²) in [5.74, 6) is 1.56. The third-order valence-corrected chi connectivity index (χ3v) is 8.97. The highest BCUT2D eigenvalue weighted by molar-refractivity contribution is 5.85. The maximum atomic E-state index is 6.66. The van der Waals surface area contributed by atoms with Crippen molar-refractivity contribution in [1.82, 2.24) is 0 Å². The Bertz CT molecular complexity index is 1060. The second-order valence-electron chi connectivity index (χ2n) is 10.1. The molecular formula is C28H32NO+. The second-order valence-corrected chi connectivity index (χ2v) is 10.1. The maximum absolute atomic E-state index is 6.66. The third-order valence-electron chi connectivity index (χ3n) is 8.97. The number of rotatable bonds is 5. The largest absolute Gasteiger partial charge is 0.367 e. The summed E-state index contributed by atoms with van der Waals surface area (Å²) >= 11 is 0. The molecule has 6 rings (SSSR count). The van der Waals surface area contributed by atoms with Gasteiger partial charge in [0.05, 0.1) is 13.2 Å². The molecule has 2 aliphatic heterocycles. The molecule has 0 N–H and O–H groups in total. The first-order valence-corrected chi connectivity index (χ1v) is 11.7. The summed E-state index contributed by atoms with van der Waals surface area (Å²) in [7, 11) is 0. The summed E-state index contributed by atoms with van der Waals surface area (Å²) in [5, 5.41) is 2.80. The smallest absolute Gasteiger partial charge is 0.116 e. The number of benzene rings is 3. The normalized spacial score (nSPS) is 34.5. The van der Waals surface area contributed by atoms with E-state index in [1.165, 1.54) is 58.7 Å².